The number of para-hydroxylation sites is 1. The lowest BCUT2D eigenvalue weighted by Gasteiger charge is -2.35. The van der Waals surface area contributed by atoms with Crippen LogP contribution in [0.1, 0.15) is 27.2 Å². The van der Waals surface area contributed by atoms with E-state index in [0.717, 1.165) is 64.2 Å². The van der Waals surface area contributed by atoms with Crippen molar-refractivity contribution in [3.05, 3.63) is 107 Å². The Hall–Kier alpha value is -3.73. The number of nitrogens with one attached hydrogen (secondary N) is 1. The minimum atomic E-state index is -4.39. The molecule has 4 aromatic rings. The van der Waals surface area contributed by atoms with Gasteiger partial charge in [-0.3, -0.25) is 9.78 Å². The van der Waals surface area contributed by atoms with Gasteiger partial charge in [-0.1, -0.05) is 54.6 Å². The quantitative estimate of drug-likeness (QED) is 0.406. The monoisotopic (exact) mass is 563 g/mol. The Bertz CT molecular complexity index is 1670. The molecule has 2 aliphatic heterocycles. The van der Waals surface area contributed by atoms with Gasteiger partial charge in [0.15, 0.2) is 4.90 Å². The van der Waals surface area contributed by atoms with Gasteiger partial charge >= 0.3 is 0 Å². The zero-order valence-electron chi connectivity index (χ0n) is 21.8. The van der Waals surface area contributed by atoms with Crippen molar-refractivity contribution < 1.29 is 26.9 Å². The zero-order valence-corrected chi connectivity index (χ0v) is 22.6. The highest BCUT2D eigenvalue weighted by Gasteiger charge is 2.36. The number of sulfonamides is 1. The maximum Gasteiger partial charge on any atom is 0.255 e. The molecule has 1 fully saturated rings. The predicted octanol–water partition coefficient (Wildman–Crippen LogP) is 2.80. The molecule has 1 unspecified atom stereocenters. The van der Waals surface area contributed by atoms with E-state index in [2.05, 4.69) is 12.1 Å². The summed E-state index contributed by atoms with van der Waals surface area (Å²) in [6.07, 6.45) is 0.753. The SMILES string of the molecule is O=C(c1c2c(nc3ccccc13)CC[NH+](Cc1ccccc1)C2)N1CCN(S(=O)(=O)c2c(F)cccc2F)CC1. The summed E-state index contributed by atoms with van der Waals surface area (Å²) in [5.41, 5.74) is 4.46. The molecule has 40 heavy (non-hydrogen) atoms. The fourth-order valence-electron chi connectivity index (χ4n) is 5.76. The normalized spacial score (nSPS) is 18.1. The zero-order chi connectivity index (χ0) is 27.9. The maximum atomic E-state index is 14.3. The van der Waals surface area contributed by atoms with Crippen LogP contribution in [0.5, 0.6) is 0 Å². The Morgan fingerprint density at radius 3 is 2.27 bits per heavy atom. The standard InChI is InChI=1S/C30H28F2N4O3S/c31-24-10-6-11-25(32)29(24)40(38,39)36-17-15-35(16-18-36)30(37)28-22-9-4-5-12-26(22)33-27-13-14-34(20-23(27)28)19-21-7-2-1-3-8-21/h1-12H,13-20H2/p+1. The number of carbonyl (C=O) groups excluding carboxylic acids is 1. The highest BCUT2D eigenvalue weighted by Crippen LogP contribution is 2.28. The van der Waals surface area contributed by atoms with Gasteiger partial charge < -0.3 is 9.80 Å². The number of quaternary nitrogens is 1. The van der Waals surface area contributed by atoms with Gasteiger partial charge in [0.1, 0.15) is 24.7 Å². The smallest absolute Gasteiger partial charge is 0.255 e. The molecule has 0 bridgehead atoms. The summed E-state index contributed by atoms with van der Waals surface area (Å²) in [5, 5.41) is 0.774. The molecule has 206 valence electrons. The third-order valence-corrected chi connectivity index (χ3v) is 9.73. The second-order valence-electron chi connectivity index (χ2n) is 10.3. The molecular weight excluding hydrogens is 534 g/mol. The van der Waals surface area contributed by atoms with E-state index in [-0.39, 0.29) is 32.1 Å². The maximum absolute atomic E-state index is 14.3. The van der Waals surface area contributed by atoms with E-state index in [0.29, 0.717) is 12.1 Å². The minimum Gasteiger partial charge on any atom is -0.336 e. The van der Waals surface area contributed by atoms with Gasteiger partial charge in [0, 0.05) is 49.1 Å². The first-order chi connectivity index (χ1) is 19.3. The van der Waals surface area contributed by atoms with Crippen LogP contribution in [0.2, 0.25) is 0 Å². The van der Waals surface area contributed by atoms with Gasteiger partial charge in [-0.15, -0.1) is 0 Å². The Balaban J connectivity index is 1.28. The van der Waals surface area contributed by atoms with Gasteiger partial charge in [0.05, 0.1) is 23.3 Å². The number of hydrogen-bond donors (Lipinski definition) is 1. The van der Waals surface area contributed by atoms with Crippen molar-refractivity contribution in [3.63, 3.8) is 0 Å². The van der Waals surface area contributed by atoms with Crippen molar-refractivity contribution in [1.82, 2.24) is 14.2 Å². The second kappa shape index (κ2) is 10.7. The fraction of sp³-hybridized carbons (Fsp3) is 0.267. The minimum absolute atomic E-state index is 0.0571. The highest BCUT2D eigenvalue weighted by molar-refractivity contribution is 7.89. The number of benzene rings is 3. The first-order valence-corrected chi connectivity index (χ1v) is 14.8. The van der Waals surface area contributed by atoms with Crippen LogP contribution in [0.25, 0.3) is 10.9 Å². The van der Waals surface area contributed by atoms with Crippen LogP contribution in [-0.4, -0.2) is 61.2 Å². The first kappa shape index (κ1) is 26.5. The number of nitrogens with zero attached hydrogens (tertiary/aromatic N) is 3. The number of amides is 1. The van der Waals surface area contributed by atoms with Crippen molar-refractivity contribution >= 4 is 26.8 Å². The van der Waals surface area contributed by atoms with Crippen LogP contribution >= 0.6 is 0 Å². The van der Waals surface area contributed by atoms with Gasteiger partial charge in [-0.25, -0.2) is 17.2 Å². The van der Waals surface area contributed by atoms with Crippen molar-refractivity contribution in [3.8, 4) is 0 Å². The summed E-state index contributed by atoms with van der Waals surface area (Å²) >= 11 is 0. The molecule has 3 aromatic carbocycles. The molecule has 0 radical (unpaired) electrons. The predicted molar refractivity (Wildman–Crippen MR) is 146 cm³/mol. The van der Waals surface area contributed by atoms with E-state index in [9.17, 15) is 22.0 Å². The molecule has 2 aliphatic rings. The molecule has 1 atom stereocenters. The molecule has 6 rings (SSSR count). The third-order valence-electron chi connectivity index (χ3n) is 7.77. The average Bonchev–Trinajstić information content (AvgIpc) is 2.96. The van der Waals surface area contributed by atoms with Gasteiger partial charge in [0.25, 0.3) is 5.91 Å². The molecule has 0 spiro atoms. The van der Waals surface area contributed by atoms with Crippen LogP contribution in [-0.2, 0) is 29.5 Å². The Morgan fingerprint density at radius 1 is 0.875 bits per heavy atom. The third kappa shape index (κ3) is 4.87. The first-order valence-electron chi connectivity index (χ1n) is 13.3. The van der Waals surface area contributed by atoms with Crippen molar-refractivity contribution in [2.45, 2.75) is 24.4 Å². The highest BCUT2D eigenvalue weighted by atomic mass is 32.2. The van der Waals surface area contributed by atoms with E-state index in [1.54, 1.807) is 4.90 Å². The van der Waals surface area contributed by atoms with Gasteiger partial charge in [-0.05, 0) is 18.2 Å². The van der Waals surface area contributed by atoms with E-state index >= 15 is 0 Å². The Kier molecular flexibility index (Phi) is 7.07. The molecule has 1 aromatic heterocycles. The molecular formula is C30H29F2N4O3S+. The largest absolute Gasteiger partial charge is 0.336 e. The Labute approximate surface area is 231 Å². The van der Waals surface area contributed by atoms with Crippen LogP contribution in [0, 0.1) is 11.6 Å². The van der Waals surface area contributed by atoms with Crippen LogP contribution < -0.4 is 4.90 Å². The van der Waals surface area contributed by atoms with E-state index < -0.39 is 26.6 Å². The van der Waals surface area contributed by atoms with E-state index in [4.69, 9.17) is 4.98 Å². The molecule has 7 nitrogen and oxygen atoms in total. The van der Waals surface area contributed by atoms with E-state index in [1.807, 2.05) is 42.5 Å². The van der Waals surface area contributed by atoms with Crippen LogP contribution in [0.4, 0.5) is 8.78 Å². The number of pyridine rings is 1. The summed E-state index contributed by atoms with van der Waals surface area (Å²) < 4.78 is 55.7. The number of hydrogen-bond acceptors (Lipinski definition) is 4. The summed E-state index contributed by atoms with van der Waals surface area (Å²) in [6.45, 7) is 2.51. The summed E-state index contributed by atoms with van der Waals surface area (Å²) in [4.78, 5) is 21.0. The van der Waals surface area contributed by atoms with Gasteiger partial charge in [0.2, 0.25) is 10.0 Å². The summed E-state index contributed by atoms with van der Waals surface area (Å²) in [6, 6.07) is 20.8. The number of fused-ring (bicyclic) bond motifs is 2. The van der Waals surface area contributed by atoms with Crippen molar-refractivity contribution in [2.75, 3.05) is 32.7 Å². The molecule has 1 saturated heterocycles. The molecule has 10 heteroatoms. The molecule has 0 saturated carbocycles. The fourth-order valence-corrected chi connectivity index (χ4v) is 7.29. The topological polar surface area (TPSA) is 75.0 Å². The van der Waals surface area contributed by atoms with Crippen LogP contribution in [0.15, 0.2) is 77.7 Å². The van der Waals surface area contributed by atoms with Crippen molar-refractivity contribution in [2.24, 2.45) is 0 Å². The molecule has 1 amide bonds. The second-order valence-corrected chi connectivity index (χ2v) is 12.1. The van der Waals surface area contributed by atoms with Gasteiger partial charge in [-0.2, -0.15) is 4.31 Å². The average molecular weight is 564 g/mol. The summed E-state index contributed by atoms with van der Waals surface area (Å²) in [5.74, 6) is -2.43. The van der Waals surface area contributed by atoms with Crippen molar-refractivity contribution in [1.29, 1.82) is 0 Å². The molecule has 3 heterocycles. The number of carbonyl (C=O) groups is 1. The number of piperazine rings is 1. The number of halogens is 2. The lowest BCUT2D eigenvalue weighted by Crippen LogP contribution is -3.10. The lowest BCUT2D eigenvalue weighted by atomic mass is 9.94. The van der Waals surface area contributed by atoms with Crippen LogP contribution in [0.3, 0.4) is 0 Å². The number of rotatable bonds is 5. The summed E-state index contributed by atoms with van der Waals surface area (Å²) in [7, 11) is -4.39. The number of aromatic nitrogens is 1. The molecule has 0 aliphatic carbocycles. The van der Waals surface area contributed by atoms with E-state index in [1.165, 1.54) is 10.5 Å². The molecule has 1 N–H and O–H groups in total. The Morgan fingerprint density at radius 2 is 1.55 bits per heavy atom. The lowest BCUT2D eigenvalue weighted by molar-refractivity contribution is -0.929.